The van der Waals surface area contributed by atoms with Crippen molar-refractivity contribution in [1.82, 2.24) is 19.6 Å². The van der Waals surface area contributed by atoms with Crippen molar-refractivity contribution in [1.29, 1.82) is 0 Å². The monoisotopic (exact) mass is 234 g/mol. The van der Waals surface area contributed by atoms with Crippen molar-refractivity contribution in [3.63, 3.8) is 0 Å². The molecule has 17 heavy (non-hydrogen) atoms. The van der Waals surface area contributed by atoms with Crippen molar-refractivity contribution >= 4 is 0 Å². The van der Waals surface area contributed by atoms with Gasteiger partial charge in [0.1, 0.15) is 0 Å². The van der Waals surface area contributed by atoms with Crippen molar-refractivity contribution in [3.8, 4) is 0 Å². The van der Waals surface area contributed by atoms with E-state index in [-0.39, 0.29) is 0 Å². The van der Waals surface area contributed by atoms with E-state index in [9.17, 15) is 0 Å². The largest absolute Gasteiger partial charge is 0.303 e. The number of hydrogen-bond donors (Lipinski definition) is 0. The number of likely N-dealkylation sites (tertiary alicyclic amines) is 1. The van der Waals surface area contributed by atoms with E-state index in [0.29, 0.717) is 6.04 Å². The van der Waals surface area contributed by atoms with Gasteiger partial charge in [-0.1, -0.05) is 0 Å². The molecule has 1 aromatic heterocycles. The zero-order chi connectivity index (χ0) is 11.7. The fraction of sp³-hybridized carbons (Fsp3) is 0.769. The highest BCUT2D eigenvalue weighted by molar-refractivity contribution is 5.04. The van der Waals surface area contributed by atoms with Crippen molar-refractivity contribution in [2.45, 2.75) is 31.8 Å². The van der Waals surface area contributed by atoms with Crippen molar-refractivity contribution in [2.24, 2.45) is 0 Å². The first-order valence-electron chi connectivity index (χ1n) is 6.76. The topological polar surface area (TPSA) is 24.3 Å². The number of likely N-dealkylation sites (N-methyl/N-ethyl adjacent to an activating group) is 1. The Kier molecular flexibility index (Phi) is 3.16. The molecule has 0 N–H and O–H groups in total. The third-order valence-electron chi connectivity index (χ3n) is 4.03. The lowest BCUT2D eigenvalue weighted by molar-refractivity contribution is 0.186. The van der Waals surface area contributed by atoms with Crippen LogP contribution in [0.4, 0.5) is 0 Å². The first-order valence-corrected chi connectivity index (χ1v) is 6.76. The molecule has 4 nitrogen and oxygen atoms in total. The van der Waals surface area contributed by atoms with Crippen LogP contribution in [0.3, 0.4) is 0 Å². The summed E-state index contributed by atoms with van der Waals surface area (Å²) >= 11 is 0. The van der Waals surface area contributed by atoms with Crippen LogP contribution in [0, 0.1) is 0 Å². The van der Waals surface area contributed by atoms with Gasteiger partial charge >= 0.3 is 0 Å². The first kappa shape index (κ1) is 11.2. The fourth-order valence-electron chi connectivity index (χ4n) is 3.13. The quantitative estimate of drug-likeness (QED) is 0.789. The first-order chi connectivity index (χ1) is 8.33. The number of fused-ring (bicyclic) bond motifs is 1. The summed E-state index contributed by atoms with van der Waals surface area (Å²) in [6.45, 7) is 6.02. The minimum absolute atomic E-state index is 0.569. The van der Waals surface area contributed by atoms with E-state index in [1.165, 1.54) is 44.6 Å². The maximum atomic E-state index is 4.49. The molecule has 0 bridgehead atoms. The molecule has 0 spiro atoms. The van der Waals surface area contributed by atoms with Crippen LogP contribution in [0.2, 0.25) is 0 Å². The summed E-state index contributed by atoms with van der Waals surface area (Å²) in [5, 5.41) is 4.49. The van der Waals surface area contributed by atoms with Crippen LogP contribution in [0.25, 0.3) is 0 Å². The van der Waals surface area contributed by atoms with Crippen LogP contribution in [0.1, 0.15) is 31.0 Å². The summed E-state index contributed by atoms with van der Waals surface area (Å²) in [7, 11) is 2.21. The van der Waals surface area contributed by atoms with Gasteiger partial charge in [-0.3, -0.25) is 9.58 Å². The molecule has 0 radical (unpaired) electrons. The van der Waals surface area contributed by atoms with E-state index in [0.717, 1.165) is 13.1 Å². The molecule has 1 saturated heterocycles. The van der Waals surface area contributed by atoms with E-state index in [2.05, 4.69) is 32.7 Å². The predicted molar refractivity (Wildman–Crippen MR) is 67.9 cm³/mol. The van der Waals surface area contributed by atoms with Gasteiger partial charge in [0.15, 0.2) is 0 Å². The Balaban J connectivity index is 1.63. The summed E-state index contributed by atoms with van der Waals surface area (Å²) < 4.78 is 2.25. The predicted octanol–water partition coefficient (Wildman–Crippen LogP) is 1.36. The standard InChI is InChI=1S/C13H22N4/c1-15-10-12-4-6-14-17(12)13(11-15)5-9-16-7-2-3-8-16/h4,6,13H,2-3,5,7-11H2,1H3/t13-/m0/s1. The Morgan fingerprint density at radius 2 is 2.18 bits per heavy atom. The van der Waals surface area contributed by atoms with E-state index in [1.54, 1.807) is 0 Å². The van der Waals surface area contributed by atoms with Gasteiger partial charge in [-0.25, -0.2) is 0 Å². The van der Waals surface area contributed by atoms with Crippen molar-refractivity contribution < 1.29 is 0 Å². The second-order valence-electron chi connectivity index (χ2n) is 5.46. The Bertz CT molecular complexity index is 367. The molecule has 0 amide bonds. The van der Waals surface area contributed by atoms with Crippen LogP contribution >= 0.6 is 0 Å². The van der Waals surface area contributed by atoms with Gasteiger partial charge in [-0.05, 0) is 45.5 Å². The Morgan fingerprint density at radius 1 is 1.35 bits per heavy atom. The molecule has 0 aliphatic carbocycles. The lowest BCUT2D eigenvalue weighted by Gasteiger charge is -2.32. The molecule has 0 saturated carbocycles. The molecule has 2 aliphatic heterocycles. The molecule has 1 atom stereocenters. The average molecular weight is 234 g/mol. The number of nitrogens with zero attached hydrogens (tertiary/aromatic N) is 4. The third kappa shape index (κ3) is 2.38. The summed E-state index contributed by atoms with van der Waals surface area (Å²) in [4.78, 5) is 5.00. The zero-order valence-corrected chi connectivity index (χ0v) is 10.7. The molecule has 94 valence electrons. The molecule has 1 aromatic rings. The number of aromatic nitrogens is 2. The second-order valence-corrected chi connectivity index (χ2v) is 5.46. The molecular weight excluding hydrogens is 212 g/mol. The van der Waals surface area contributed by atoms with Gasteiger partial charge in [-0.2, -0.15) is 5.10 Å². The van der Waals surface area contributed by atoms with Gasteiger partial charge in [0.05, 0.1) is 11.7 Å². The van der Waals surface area contributed by atoms with E-state index in [4.69, 9.17) is 0 Å². The van der Waals surface area contributed by atoms with E-state index in [1.807, 2.05) is 6.20 Å². The van der Waals surface area contributed by atoms with E-state index < -0.39 is 0 Å². The molecular formula is C13H22N4. The maximum Gasteiger partial charge on any atom is 0.0662 e. The zero-order valence-electron chi connectivity index (χ0n) is 10.7. The fourth-order valence-corrected chi connectivity index (χ4v) is 3.13. The molecule has 0 aromatic carbocycles. The molecule has 1 fully saturated rings. The summed E-state index contributed by atoms with van der Waals surface area (Å²) in [6, 6.07) is 2.72. The SMILES string of the molecule is CN1Cc2ccnn2[C@@H](CCN2CCCC2)C1. The van der Waals surface area contributed by atoms with Crippen LogP contribution in [0.5, 0.6) is 0 Å². The molecule has 3 heterocycles. The van der Waals surface area contributed by atoms with Crippen molar-refractivity contribution in [2.75, 3.05) is 33.2 Å². The van der Waals surface area contributed by atoms with Gasteiger partial charge < -0.3 is 4.90 Å². The minimum atomic E-state index is 0.569. The smallest absolute Gasteiger partial charge is 0.0662 e. The van der Waals surface area contributed by atoms with Crippen molar-refractivity contribution in [3.05, 3.63) is 18.0 Å². The Morgan fingerprint density at radius 3 is 3.00 bits per heavy atom. The normalized spacial score (nSPS) is 26.3. The molecule has 4 heteroatoms. The van der Waals surface area contributed by atoms with Crippen LogP contribution in [-0.4, -0.2) is 52.8 Å². The lowest BCUT2D eigenvalue weighted by Crippen LogP contribution is -2.36. The van der Waals surface area contributed by atoms with Gasteiger partial charge in [0.25, 0.3) is 0 Å². The highest BCUT2D eigenvalue weighted by atomic mass is 15.4. The maximum absolute atomic E-state index is 4.49. The van der Waals surface area contributed by atoms with Gasteiger partial charge in [0, 0.05) is 25.8 Å². The van der Waals surface area contributed by atoms with Crippen LogP contribution in [-0.2, 0) is 6.54 Å². The van der Waals surface area contributed by atoms with E-state index >= 15 is 0 Å². The number of rotatable bonds is 3. The van der Waals surface area contributed by atoms with Gasteiger partial charge in [-0.15, -0.1) is 0 Å². The third-order valence-corrected chi connectivity index (χ3v) is 4.03. The summed E-state index contributed by atoms with van der Waals surface area (Å²) in [5.41, 5.74) is 1.37. The van der Waals surface area contributed by atoms with Crippen LogP contribution < -0.4 is 0 Å². The Hall–Kier alpha value is -0.870. The lowest BCUT2D eigenvalue weighted by atomic mass is 10.1. The second kappa shape index (κ2) is 4.78. The number of hydrogen-bond acceptors (Lipinski definition) is 3. The average Bonchev–Trinajstić information content (AvgIpc) is 2.95. The van der Waals surface area contributed by atoms with Gasteiger partial charge in [0.2, 0.25) is 0 Å². The Labute approximate surface area is 103 Å². The highest BCUT2D eigenvalue weighted by Crippen LogP contribution is 2.22. The molecule has 2 aliphatic rings. The minimum Gasteiger partial charge on any atom is -0.303 e. The van der Waals surface area contributed by atoms with Crippen LogP contribution in [0.15, 0.2) is 12.3 Å². The summed E-state index contributed by atoms with van der Waals surface area (Å²) in [5.74, 6) is 0. The molecule has 3 rings (SSSR count). The molecule has 0 unspecified atom stereocenters. The highest BCUT2D eigenvalue weighted by Gasteiger charge is 2.24. The summed E-state index contributed by atoms with van der Waals surface area (Å²) in [6.07, 6.45) is 5.95.